The number of nitrogens with two attached hydrogens (primary N) is 1. The lowest BCUT2D eigenvalue weighted by molar-refractivity contribution is -0.117. The van der Waals surface area contributed by atoms with Crippen molar-refractivity contribution in [1.82, 2.24) is 15.2 Å². The van der Waals surface area contributed by atoms with Gasteiger partial charge in [-0.1, -0.05) is 0 Å². The maximum Gasteiger partial charge on any atom is 0.249 e. The summed E-state index contributed by atoms with van der Waals surface area (Å²) in [7, 11) is 0. The Balaban J connectivity index is 2.54. The largest absolute Gasteiger partial charge is 0.319 e. The number of carbonyl (C=O) groups excluding carboxylic acids is 1. The summed E-state index contributed by atoms with van der Waals surface area (Å²) in [6, 6.07) is -0.746. The number of amides is 1. The minimum atomic E-state index is -0.746. The first-order chi connectivity index (χ1) is 6.74. The minimum absolute atomic E-state index is 0.116. The monoisotopic (exact) mass is 191 g/mol. The van der Waals surface area contributed by atoms with Gasteiger partial charge in [0.25, 0.3) is 0 Å². The number of aromatic nitrogens is 3. The van der Waals surface area contributed by atoms with Crippen LogP contribution in [0.25, 0.3) is 0 Å². The molecule has 0 spiro atoms. The second-order valence-electron chi connectivity index (χ2n) is 2.47. The van der Waals surface area contributed by atoms with Crippen LogP contribution in [0.1, 0.15) is 6.42 Å². The zero-order chi connectivity index (χ0) is 10.4. The highest BCUT2D eigenvalue weighted by Crippen LogP contribution is 1.95. The minimum Gasteiger partial charge on any atom is -0.319 e. The van der Waals surface area contributed by atoms with Gasteiger partial charge in [-0.3, -0.25) is 10.1 Å². The highest BCUT2D eigenvalue weighted by Gasteiger charge is 2.12. The van der Waals surface area contributed by atoms with Crippen LogP contribution in [0.2, 0.25) is 0 Å². The van der Waals surface area contributed by atoms with Crippen LogP contribution in [0.3, 0.4) is 0 Å². The molecule has 1 rings (SSSR count). The van der Waals surface area contributed by atoms with Crippen LogP contribution < -0.4 is 11.1 Å². The molecule has 1 heterocycles. The van der Waals surface area contributed by atoms with Crippen molar-refractivity contribution in [1.29, 1.82) is 0 Å². The average Bonchev–Trinajstić information content (AvgIpc) is 2.19. The van der Waals surface area contributed by atoms with Crippen LogP contribution in [0, 0.1) is 12.3 Å². The number of hydrogen-bond donors (Lipinski definition) is 2. The SMILES string of the molecule is C#CCC(N)C(=O)Nc1nccnn1. The fourth-order valence-corrected chi connectivity index (χ4v) is 0.727. The predicted molar refractivity (Wildman–Crippen MR) is 49.9 cm³/mol. The second kappa shape index (κ2) is 4.89. The Morgan fingerprint density at radius 1 is 1.71 bits per heavy atom. The maximum absolute atomic E-state index is 11.3. The lowest BCUT2D eigenvalue weighted by Crippen LogP contribution is -2.35. The van der Waals surface area contributed by atoms with E-state index in [4.69, 9.17) is 12.2 Å². The number of anilines is 1. The van der Waals surface area contributed by atoms with Crippen LogP contribution in [0.5, 0.6) is 0 Å². The third-order valence-corrected chi connectivity index (χ3v) is 1.39. The zero-order valence-electron chi connectivity index (χ0n) is 7.34. The number of nitrogens with zero attached hydrogens (tertiary/aromatic N) is 3. The highest BCUT2D eigenvalue weighted by atomic mass is 16.2. The van der Waals surface area contributed by atoms with Gasteiger partial charge < -0.3 is 5.73 Å². The zero-order valence-corrected chi connectivity index (χ0v) is 7.34. The van der Waals surface area contributed by atoms with Crippen molar-refractivity contribution in [3.8, 4) is 12.3 Å². The summed E-state index contributed by atoms with van der Waals surface area (Å²) in [5.41, 5.74) is 5.45. The number of carbonyl (C=O) groups is 1. The highest BCUT2D eigenvalue weighted by molar-refractivity contribution is 5.93. The van der Waals surface area contributed by atoms with Gasteiger partial charge in [-0.05, 0) is 0 Å². The number of terminal acetylenes is 1. The Kier molecular flexibility index (Phi) is 3.52. The Bertz CT molecular complexity index is 344. The van der Waals surface area contributed by atoms with E-state index < -0.39 is 11.9 Å². The molecule has 72 valence electrons. The van der Waals surface area contributed by atoms with Crippen molar-refractivity contribution in [2.24, 2.45) is 5.73 Å². The quantitative estimate of drug-likeness (QED) is 0.607. The molecule has 1 atom stereocenters. The van der Waals surface area contributed by atoms with Gasteiger partial charge in [-0.25, -0.2) is 4.98 Å². The molecule has 0 fully saturated rings. The molecule has 0 aliphatic heterocycles. The van der Waals surface area contributed by atoms with E-state index in [1.807, 2.05) is 0 Å². The first-order valence-electron chi connectivity index (χ1n) is 3.87. The van der Waals surface area contributed by atoms with Crippen molar-refractivity contribution in [2.45, 2.75) is 12.5 Å². The first kappa shape index (κ1) is 10.1. The molecule has 1 unspecified atom stereocenters. The summed E-state index contributed by atoms with van der Waals surface area (Å²) in [5, 5.41) is 9.48. The average molecular weight is 191 g/mol. The van der Waals surface area contributed by atoms with Gasteiger partial charge in [0.15, 0.2) is 0 Å². The molecule has 0 saturated carbocycles. The van der Waals surface area contributed by atoms with E-state index in [0.717, 1.165) is 0 Å². The lowest BCUT2D eigenvalue weighted by atomic mass is 10.2. The van der Waals surface area contributed by atoms with E-state index in [-0.39, 0.29) is 12.4 Å². The molecule has 0 aromatic carbocycles. The first-order valence-corrected chi connectivity index (χ1v) is 3.87. The van der Waals surface area contributed by atoms with Gasteiger partial charge in [0.2, 0.25) is 11.9 Å². The molecule has 0 bridgehead atoms. The van der Waals surface area contributed by atoms with Crippen LogP contribution in [-0.4, -0.2) is 27.1 Å². The smallest absolute Gasteiger partial charge is 0.249 e. The van der Waals surface area contributed by atoms with Crippen LogP contribution in [-0.2, 0) is 4.79 Å². The third-order valence-electron chi connectivity index (χ3n) is 1.39. The Morgan fingerprint density at radius 3 is 3.07 bits per heavy atom. The van der Waals surface area contributed by atoms with Gasteiger partial charge in [0.05, 0.1) is 18.4 Å². The molecule has 0 aliphatic rings. The molecular formula is C8H9N5O. The van der Waals surface area contributed by atoms with E-state index >= 15 is 0 Å². The molecule has 3 N–H and O–H groups in total. The maximum atomic E-state index is 11.3. The molecule has 6 heteroatoms. The molecule has 1 aromatic heterocycles. The van der Waals surface area contributed by atoms with Gasteiger partial charge in [0, 0.05) is 6.42 Å². The van der Waals surface area contributed by atoms with E-state index in [1.165, 1.54) is 12.4 Å². The normalized spacial score (nSPS) is 11.4. The molecule has 0 saturated heterocycles. The predicted octanol–water partition coefficient (Wildman–Crippen LogP) is -0.839. The number of hydrogen-bond acceptors (Lipinski definition) is 5. The third kappa shape index (κ3) is 2.80. The summed E-state index contributed by atoms with van der Waals surface area (Å²) < 4.78 is 0. The van der Waals surface area contributed by atoms with Crippen molar-refractivity contribution in [3.05, 3.63) is 12.4 Å². The second-order valence-corrected chi connectivity index (χ2v) is 2.47. The molecule has 14 heavy (non-hydrogen) atoms. The van der Waals surface area contributed by atoms with Gasteiger partial charge in [0.1, 0.15) is 0 Å². The molecule has 6 nitrogen and oxygen atoms in total. The Morgan fingerprint density at radius 2 is 2.50 bits per heavy atom. The molecule has 0 aliphatic carbocycles. The van der Waals surface area contributed by atoms with Crippen molar-refractivity contribution >= 4 is 11.9 Å². The molecule has 0 radical (unpaired) electrons. The van der Waals surface area contributed by atoms with Gasteiger partial charge in [-0.15, -0.1) is 17.4 Å². The molecule has 1 aromatic rings. The summed E-state index contributed by atoms with van der Waals surface area (Å²) in [6.07, 6.45) is 7.99. The topological polar surface area (TPSA) is 93.8 Å². The summed E-state index contributed by atoms with van der Waals surface area (Å²) in [6.45, 7) is 0. The lowest BCUT2D eigenvalue weighted by Gasteiger charge is -2.06. The standard InChI is InChI=1S/C8H9N5O/c1-2-3-6(9)7(14)12-8-10-4-5-11-13-8/h1,4-6H,3,9H2,(H,10,12,13,14). The Labute approximate surface area is 80.9 Å². The van der Waals surface area contributed by atoms with Gasteiger partial charge >= 0.3 is 0 Å². The number of rotatable bonds is 3. The summed E-state index contributed by atoms with van der Waals surface area (Å²) >= 11 is 0. The fraction of sp³-hybridized carbons (Fsp3) is 0.250. The van der Waals surface area contributed by atoms with Gasteiger partial charge in [-0.2, -0.15) is 5.10 Å². The van der Waals surface area contributed by atoms with Crippen molar-refractivity contribution in [2.75, 3.05) is 5.32 Å². The van der Waals surface area contributed by atoms with Crippen LogP contribution in [0.4, 0.5) is 5.95 Å². The fourth-order valence-electron chi connectivity index (χ4n) is 0.727. The summed E-state index contributed by atoms with van der Waals surface area (Å²) in [5.74, 6) is 1.99. The van der Waals surface area contributed by atoms with E-state index in [2.05, 4.69) is 26.4 Å². The van der Waals surface area contributed by atoms with Crippen LogP contribution >= 0.6 is 0 Å². The van der Waals surface area contributed by atoms with E-state index in [0.29, 0.717) is 0 Å². The summed E-state index contributed by atoms with van der Waals surface area (Å²) in [4.78, 5) is 15.0. The van der Waals surface area contributed by atoms with Crippen LogP contribution in [0.15, 0.2) is 12.4 Å². The molecular weight excluding hydrogens is 182 g/mol. The number of nitrogens with one attached hydrogen (secondary N) is 1. The van der Waals surface area contributed by atoms with E-state index in [1.54, 1.807) is 0 Å². The van der Waals surface area contributed by atoms with E-state index in [9.17, 15) is 4.79 Å². The molecule has 1 amide bonds. The van der Waals surface area contributed by atoms with Crippen molar-refractivity contribution in [3.63, 3.8) is 0 Å². The van der Waals surface area contributed by atoms with Crippen molar-refractivity contribution < 1.29 is 4.79 Å². The Hall–Kier alpha value is -2.00.